The van der Waals surface area contributed by atoms with E-state index in [0.717, 1.165) is 0 Å². The summed E-state index contributed by atoms with van der Waals surface area (Å²) >= 11 is 0. The number of carbonyl (C=O) groups excluding carboxylic acids is 1. The first-order valence-electron chi connectivity index (χ1n) is 8.48. The number of ether oxygens (including phenoxy) is 3. The third-order valence-electron chi connectivity index (χ3n) is 4.41. The number of para-hydroxylation sites is 1. The summed E-state index contributed by atoms with van der Waals surface area (Å²) in [5.74, 6) is 1.33. The number of aromatic nitrogens is 2. The molecule has 0 unspecified atom stereocenters. The van der Waals surface area contributed by atoms with Crippen LogP contribution in [-0.4, -0.2) is 53.7 Å². The number of rotatable bonds is 2. The fourth-order valence-corrected chi connectivity index (χ4v) is 3.26. The minimum atomic E-state index is -0.433. The van der Waals surface area contributed by atoms with E-state index in [2.05, 4.69) is 9.97 Å². The van der Waals surface area contributed by atoms with Crippen LogP contribution in [0, 0.1) is 6.92 Å². The molecule has 1 N–H and O–H groups in total. The molecule has 1 aromatic heterocycles. The Labute approximate surface area is 149 Å². The third kappa shape index (κ3) is 3.03. The summed E-state index contributed by atoms with van der Waals surface area (Å²) in [6.45, 7) is 3.69. The average Bonchev–Trinajstić information content (AvgIpc) is 2.66. The molecule has 0 radical (unpaired) electrons. The number of benzene rings is 1. The van der Waals surface area contributed by atoms with Crippen molar-refractivity contribution in [3.05, 3.63) is 51.7 Å². The number of carbonyl (C=O) groups is 1. The van der Waals surface area contributed by atoms with Gasteiger partial charge in [-0.25, -0.2) is 4.98 Å². The Morgan fingerprint density at radius 2 is 2.12 bits per heavy atom. The third-order valence-corrected chi connectivity index (χ3v) is 4.41. The molecule has 4 rings (SSSR count). The van der Waals surface area contributed by atoms with Crippen LogP contribution in [0.15, 0.2) is 29.1 Å². The first-order chi connectivity index (χ1) is 12.6. The number of hydrogen-bond acceptors (Lipinski definition) is 6. The number of nitrogens with zero attached hydrogens (tertiary/aromatic N) is 2. The lowest BCUT2D eigenvalue weighted by Crippen LogP contribution is -2.44. The van der Waals surface area contributed by atoms with Crippen LogP contribution in [0.1, 0.15) is 27.9 Å². The predicted molar refractivity (Wildman–Crippen MR) is 91.6 cm³/mol. The number of fused-ring (bicyclic) bond motifs is 1. The van der Waals surface area contributed by atoms with Crippen molar-refractivity contribution in [3.63, 3.8) is 0 Å². The minimum Gasteiger partial charge on any atom is -0.486 e. The monoisotopic (exact) mass is 357 g/mol. The summed E-state index contributed by atoms with van der Waals surface area (Å²) in [4.78, 5) is 33.7. The van der Waals surface area contributed by atoms with Crippen molar-refractivity contribution in [1.29, 1.82) is 0 Å². The molecule has 26 heavy (non-hydrogen) atoms. The van der Waals surface area contributed by atoms with Gasteiger partial charge >= 0.3 is 0 Å². The lowest BCUT2D eigenvalue weighted by Gasteiger charge is -2.35. The van der Waals surface area contributed by atoms with Gasteiger partial charge in [-0.1, -0.05) is 6.07 Å². The molecule has 2 aliphatic rings. The molecule has 0 aliphatic carbocycles. The van der Waals surface area contributed by atoms with E-state index in [1.165, 1.54) is 6.07 Å². The fraction of sp³-hybridized carbons (Fsp3) is 0.389. The molecule has 1 atom stereocenters. The van der Waals surface area contributed by atoms with E-state index in [9.17, 15) is 9.59 Å². The summed E-state index contributed by atoms with van der Waals surface area (Å²) in [6.07, 6.45) is 0. The molecule has 0 spiro atoms. The standard InChI is InChI=1S/C18H19N3O5/c1-11-19-13(9-16(22)20-11)14-10-24-6-5-21(14)18(23)12-3-2-4-15-17(12)26-8-7-25-15/h2-4,9,14H,5-8,10H2,1H3,(H,19,20,22)/t14-/m0/s1. The molecule has 1 saturated heterocycles. The molecular formula is C18H19N3O5. The molecular weight excluding hydrogens is 338 g/mol. The number of morpholine rings is 1. The van der Waals surface area contributed by atoms with Gasteiger partial charge in [0.2, 0.25) is 0 Å². The van der Waals surface area contributed by atoms with Gasteiger partial charge in [0.15, 0.2) is 11.5 Å². The highest BCUT2D eigenvalue weighted by Gasteiger charge is 2.33. The lowest BCUT2D eigenvalue weighted by molar-refractivity contribution is -0.00431. The molecule has 3 heterocycles. The van der Waals surface area contributed by atoms with Gasteiger partial charge in [-0.2, -0.15) is 0 Å². The molecule has 136 valence electrons. The number of aryl methyl sites for hydroxylation is 1. The van der Waals surface area contributed by atoms with E-state index in [1.54, 1.807) is 30.0 Å². The highest BCUT2D eigenvalue weighted by atomic mass is 16.6. The van der Waals surface area contributed by atoms with Gasteiger partial charge < -0.3 is 24.1 Å². The van der Waals surface area contributed by atoms with Crippen LogP contribution in [0.4, 0.5) is 0 Å². The Hall–Kier alpha value is -2.87. The van der Waals surface area contributed by atoms with Crippen molar-refractivity contribution < 1.29 is 19.0 Å². The van der Waals surface area contributed by atoms with Crippen LogP contribution in [0.2, 0.25) is 0 Å². The van der Waals surface area contributed by atoms with Crippen LogP contribution in [-0.2, 0) is 4.74 Å². The van der Waals surface area contributed by atoms with Crippen LogP contribution in [0.3, 0.4) is 0 Å². The number of hydrogen-bond donors (Lipinski definition) is 1. The van der Waals surface area contributed by atoms with Gasteiger partial charge in [-0.3, -0.25) is 9.59 Å². The molecule has 8 heteroatoms. The van der Waals surface area contributed by atoms with E-state index in [4.69, 9.17) is 14.2 Å². The molecule has 1 fully saturated rings. The Morgan fingerprint density at radius 1 is 1.27 bits per heavy atom. The maximum absolute atomic E-state index is 13.2. The second kappa shape index (κ2) is 6.80. The Bertz CT molecular complexity index is 895. The topological polar surface area (TPSA) is 93.8 Å². The quantitative estimate of drug-likeness (QED) is 0.864. The summed E-state index contributed by atoms with van der Waals surface area (Å²) in [7, 11) is 0. The van der Waals surface area contributed by atoms with Crippen LogP contribution in [0.25, 0.3) is 0 Å². The number of aromatic amines is 1. The largest absolute Gasteiger partial charge is 0.486 e. The van der Waals surface area contributed by atoms with E-state index < -0.39 is 6.04 Å². The van der Waals surface area contributed by atoms with Crippen LogP contribution < -0.4 is 15.0 Å². The lowest BCUT2D eigenvalue weighted by atomic mass is 10.1. The Kier molecular flexibility index (Phi) is 4.34. The second-order valence-electron chi connectivity index (χ2n) is 6.17. The van der Waals surface area contributed by atoms with E-state index in [0.29, 0.717) is 54.9 Å². The molecule has 8 nitrogen and oxygen atoms in total. The first kappa shape index (κ1) is 16.6. The summed E-state index contributed by atoms with van der Waals surface area (Å²) in [5, 5.41) is 0. The number of nitrogens with one attached hydrogen (secondary N) is 1. The molecule has 2 aromatic rings. The zero-order valence-electron chi connectivity index (χ0n) is 14.4. The van der Waals surface area contributed by atoms with E-state index in [-0.39, 0.29) is 18.1 Å². The molecule has 1 amide bonds. The molecule has 1 aromatic carbocycles. The van der Waals surface area contributed by atoms with Crippen molar-refractivity contribution in [2.45, 2.75) is 13.0 Å². The van der Waals surface area contributed by atoms with Crippen molar-refractivity contribution >= 4 is 5.91 Å². The second-order valence-corrected chi connectivity index (χ2v) is 6.17. The smallest absolute Gasteiger partial charge is 0.258 e. The zero-order chi connectivity index (χ0) is 18.1. The summed E-state index contributed by atoms with van der Waals surface area (Å²) in [6, 6.07) is 6.25. The summed E-state index contributed by atoms with van der Waals surface area (Å²) < 4.78 is 16.8. The van der Waals surface area contributed by atoms with Gasteiger partial charge in [0.25, 0.3) is 11.5 Å². The van der Waals surface area contributed by atoms with Crippen molar-refractivity contribution in [2.75, 3.05) is 33.0 Å². The van der Waals surface area contributed by atoms with Crippen LogP contribution >= 0.6 is 0 Å². The van der Waals surface area contributed by atoms with Gasteiger partial charge in [0.1, 0.15) is 19.0 Å². The van der Waals surface area contributed by atoms with Gasteiger partial charge in [-0.15, -0.1) is 0 Å². The van der Waals surface area contributed by atoms with E-state index >= 15 is 0 Å². The SMILES string of the molecule is Cc1nc([C@@H]2COCCN2C(=O)c2cccc3c2OCCO3)cc(=O)[nH]1. The number of amides is 1. The minimum absolute atomic E-state index is 0.194. The van der Waals surface area contributed by atoms with Gasteiger partial charge in [-0.05, 0) is 19.1 Å². The van der Waals surface area contributed by atoms with Crippen molar-refractivity contribution in [1.82, 2.24) is 14.9 Å². The average molecular weight is 357 g/mol. The molecule has 0 bridgehead atoms. The Balaban J connectivity index is 1.71. The highest BCUT2D eigenvalue weighted by molar-refractivity contribution is 5.98. The first-order valence-corrected chi connectivity index (χ1v) is 8.48. The normalized spacial score (nSPS) is 19.3. The predicted octanol–water partition coefficient (Wildman–Crippen LogP) is 1.06. The van der Waals surface area contributed by atoms with E-state index in [1.807, 2.05) is 0 Å². The van der Waals surface area contributed by atoms with Gasteiger partial charge in [0, 0.05) is 12.6 Å². The van der Waals surface area contributed by atoms with Crippen molar-refractivity contribution in [2.24, 2.45) is 0 Å². The highest BCUT2D eigenvalue weighted by Crippen LogP contribution is 2.35. The maximum Gasteiger partial charge on any atom is 0.258 e. The number of H-pyrrole nitrogens is 1. The maximum atomic E-state index is 13.2. The Morgan fingerprint density at radius 3 is 2.96 bits per heavy atom. The fourth-order valence-electron chi connectivity index (χ4n) is 3.26. The zero-order valence-corrected chi connectivity index (χ0v) is 14.4. The van der Waals surface area contributed by atoms with Crippen LogP contribution in [0.5, 0.6) is 11.5 Å². The summed E-state index contributed by atoms with van der Waals surface area (Å²) in [5.41, 5.74) is 0.705. The van der Waals surface area contributed by atoms with Gasteiger partial charge in [0.05, 0.1) is 30.5 Å². The molecule has 2 aliphatic heterocycles. The molecule has 0 saturated carbocycles. The van der Waals surface area contributed by atoms with Crippen molar-refractivity contribution in [3.8, 4) is 11.5 Å².